The highest BCUT2D eigenvalue weighted by Crippen LogP contribution is 2.19. The molecule has 0 atom stereocenters. The average molecular weight is 367 g/mol. The van der Waals surface area contributed by atoms with Gasteiger partial charge in [-0.1, -0.05) is 30.3 Å². The Morgan fingerprint density at radius 3 is 2.52 bits per heavy atom. The number of rotatable bonds is 9. The molecule has 0 unspecified atom stereocenters. The summed E-state index contributed by atoms with van der Waals surface area (Å²) in [5.74, 6) is 0.0666. The highest BCUT2D eigenvalue weighted by molar-refractivity contribution is 5.99. The molecule has 5 heteroatoms. The summed E-state index contributed by atoms with van der Waals surface area (Å²) in [6.07, 6.45) is 3.08. The van der Waals surface area contributed by atoms with Crippen LogP contribution in [0.25, 0.3) is 0 Å². The standard InChI is InChI=1S/C22H29N3O2/c1-16-13-20(17(2)25(16)12-11-18-7-5-4-6-8-18)21(26)14-24(3)15-22(27)23-19-9-10-19/h4-8,13,19H,9-12,14-15H2,1-3H3,(H,23,27). The van der Waals surface area contributed by atoms with E-state index in [0.717, 1.165) is 42.8 Å². The number of aromatic nitrogens is 1. The first-order valence-corrected chi connectivity index (χ1v) is 9.66. The Kier molecular flexibility index (Phi) is 6.11. The lowest BCUT2D eigenvalue weighted by Gasteiger charge is -2.15. The molecule has 1 aliphatic carbocycles. The molecule has 0 saturated heterocycles. The quantitative estimate of drug-likeness (QED) is 0.694. The number of likely N-dealkylation sites (N-methyl/N-ethyl adjacent to an activating group) is 1. The summed E-state index contributed by atoms with van der Waals surface area (Å²) in [7, 11) is 1.82. The number of benzene rings is 1. The van der Waals surface area contributed by atoms with E-state index in [1.165, 1.54) is 5.56 Å². The van der Waals surface area contributed by atoms with E-state index in [-0.39, 0.29) is 24.8 Å². The molecule has 2 aromatic rings. The second kappa shape index (κ2) is 8.53. The van der Waals surface area contributed by atoms with Gasteiger partial charge in [-0.2, -0.15) is 0 Å². The third-order valence-electron chi connectivity index (χ3n) is 5.11. The lowest BCUT2D eigenvalue weighted by molar-refractivity contribution is -0.121. The van der Waals surface area contributed by atoms with Gasteiger partial charge in [-0.3, -0.25) is 14.5 Å². The zero-order chi connectivity index (χ0) is 19.4. The molecule has 0 aliphatic heterocycles. The van der Waals surface area contributed by atoms with Crippen molar-refractivity contribution in [3.63, 3.8) is 0 Å². The van der Waals surface area contributed by atoms with E-state index in [4.69, 9.17) is 0 Å². The predicted octanol–water partition coefficient (Wildman–Crippen LogP) is 2.74. The lowest BCUT2D eigenvalue weighted by Crippen LogP contribution is -2.38. The maximum Gasteiger partial charge on any atom is 0.234 e. The first kappa shape index (κ1) is 19.4. The van der Waals surface area contributed by atoms with Gasteiger partial charge in [-0.25, -0.2) is 0 Å². The zero-order valence-electron chi connectivity index (χ0n) is 16.5. The lowest BCUT2D eigenvalue weighted by atomic mass is 10.1. The number of nitrogens with one attached hydrogen (secondary N) is 1. The van der Waals surface area contributed by atoms with Crippen LogP contribution in [0.5, 0.6) is 0 Å². The molecule has 27 heavy (non-hydrogen) atoms. The highest BCUT2D eigenvalue weighted by Gasteiger charge is 2.24. The zero-order valence-corrected chi connectivity index (χ0v) is 16.5. The number of Topliss-reactive ketones (excluding diaryl/α,β-unsaturated/α-hetero) is 1. The fraction of sp³-hybridized carbons (Fsp3) is 0.455. The normalized spacial score (nSPS) is 13.8. The summed E-state index contributed by atoms with van der Waals surface area (Å²) in [4.78, 5) is 26.4. The Morgan fingerprint density at radius 1 is 1.15 bits per heavy atom. The third-order valence-corrected chi connectivity index (χ3v) is 5.11. The highest BCUT2D eigenvalue weighted by atomic mass is 16.2. The fourth-order valence-corrected chi connectivity index (χ4v) is 3.45. The van der Waals surface area contributed by atoms with Crippen LogP contribution in [0.2, 0.25) is 0 Å². The van der Waals surface area contributed by atoms with Crippen LogP contribution in [0.3, 0.4) is 0 Å². The second-order valence-electron chi connectivity index (χ2n) is 7.61. The van der Waals surface area contributed by atoms with Crippen LogP contribution in [-0.2, 0) is 17.8 Å². The van der Waals surface area contributed by atoms with Gasteiger partial charge >= 0.3 is 0 Å². The van der Waals surface area contributed by atoms with Crippen LogP contribution in [-0.4, -0.2) is 47.3 Å². The van der Waals surface area contributed by atoms with E-state index < -0.39 is 0 Å². The number of nitrogens with zero attached hydrogens (tertiary/aromatic N) is 2. The Labute approximate surface area is 161 Å². The molecule has 1 aromatic carbocycles. The van der Waals surface area contributed by atoms with Gasteiger partial charge < -0.3 is 9.88 Å². The largest absolute Gasteiger partial charge is 0.352 e. The summed E-state index contributed by atoms with van der Waals surface area (Å²) < 4.78 is 2.21. The van der Waals surface area contributed by atoms with Crippen LogP contribution < -0.4 is 5.32 Å². The molecule has 3 rings (SSSR count). The molecule has 1 amide bonds. The van der Waals surface area contributed by atoms with Gasteiger partial charge in [0.15, 0.2) is 5.78 Å². The number of ketones is 1. The molecular formula is C22H29N3O2. The van der Waals surface area contributed by atoms with Gasteiger partial charge in [0, 0.05) is 29.5 Å². The van der Waals surface area contributed by atoms with Gasteiger partial charge in [-0.15, -0.1) is 0 Å². The van der Waals surface area contributed by atoms with Gasteiger partial charge in [0.1, 0.15) is 0 Å². The van der Waals surface area contributed by atoms with Crippen molar-refractivity contribution in [3.05, 3.63) is 58.9 Å². The number of carbonyl (C=O) groups excluding carboxylic acids is 2. The Balaban J connectivity index is 1.58. The predicted molar refractivity (Wildman–Crippen MR) is 107 cm³/mol. The molecule has 144 valence electrons. The molecule has 0 radical (unpaired) electrons. The number of aryl methyl sites for hydroxylation is 2. The minimum absolute atomic E-state index is 0.00105. The van der Waals surface area contributed by atoms with Crippen molar-refractivity contribution < 1.29 is 9.59 Å². The Hall–Kier alpha value is -2.40. The SMILES string of the molecule is Cc1cc(C(=O)CN(C)CC(=O)NC2CC2)c(C)n1CCc1ccccc1. The monoisotopic (exact) mass is 367 g/mol. The van der Waals surface area contributed by atoms with Gasteiger partial charge in [0.25, 0.3) is 0 Å². The molecule has 1 saturated carbocycles. The Morgan fingerprint density at radius 2 is 1.85 bits per heavy atom. The molecular weight excluding hydrogens is 338 g/mol. The van der Waals surface area contributed by atoms with E-state index in [9.17, 15) is 9.59 Å². The van der Waals surface area contributed by atoms with Gasteiger partial charge in [0.2, 0.25) is 5.91 Å². The molecule has 1 fully saturated rings. The van der Waals surface area contributed by atoms with E-state index in [2.05, 4.69) is 34.1 Å². The molecule has 1 aliphatic rings. The average Bonchev–Trinajstić information content (AvgIpc) is 3.38. The van der Waals surface area contributed by atoms with Crippen molar-refractivity contribution >= 4 is 11.7 Å². The van der Waals surface area contributed by atoms with Crippen molar-refractivity contribution in [1.82, 2.24) is 14.8 Å². The Bertz CT molecular complexity index is 806. The summed E-state index contributed by atoms with van der Waals surface area (Å²) in [6.45, 7) is 5.41. The minimum atomic E-state index is 0.00105. The number of carbonyl (C=O) groups is 2. The maximum atomic E-state index is 12.7. The van der Waals surface area contributed by atoms with E-state index >= 15 is 0 Å². The molecule has 1 aromatic heterocycles. The first-order chi connectivity index (χ1) is 12.9. The van der Waals surface area contributed by atoms with Gasteiger partial charge in [-0.05, 0) is 51.8 Å². The summed E-state index contributed by atoms with van der Waals surface area (Å²) in [6, 6.07) is 12.7. The van der Waals surface area contributed by atoms with Crippen LogP contribution in [0.15, 0.2) is 36.4 Å². The molecule has 0 spiro atoms. The van der Waals surface area contributed by atoms with E-state index in [0.29, 0.717) is 6.04 Å². The molecule has 1 N–H and O–H groups in total. The summed E-state index contributed by atoms with van der Waals surface area (Å²) in [5.41, 5.74) is 4.15. The van der Waals surface area contributed by atoms with E-state index in [1.807, 2.05) is 33.0 Å². The fourth-order valence-electron chi connectivity index (χ4n) is 3.45. The third kappa shape index (κ3) is 5.30. The summed E-state index contributed by atoms with van der Waals surface area (Å²) in [5, 5.41) is 2.96. The summed E-state index contributed by atoms with van der Waals surface area (Å²) >= 11 is 0. The first-order valence-electron chi connectivity index (χ1n) is 9.66. The van der Waals surface area contributed by atoms with Crippen LogP contribution in [0.4, 0.5) is 0 Å². The minimum Gasteiger partial charge on any atom is -0.352 e. The van der Waals surface area contributed by atoms with Crippen molar-refractivity contribution in [2.24, 2.45) is 0 Å². The van der Waals surface area contributed by atoms with Crippen LogP contribution >= 0.6 is 0 Å². The van der Waals surface area contributed by atoms with Crippen molar-refractivity contribution in [1.29, 1.82) is 0 Å². The molecule has 0 bridgehead atoms. The topological polar surface area (TPSA) is 54.3 Å². The van der Waals surface area contributed by atoms with Crippen LogP contribution in [0, 0.1) is 13.8 Å². The second-order valence-corrected chi connectivity index (χ2v) is 7.61. The number of amides is 1. The van der Waals surface area contributed by atoms with Crippen molar-refractivity contribution in [2.45, 2.75) is 45.7 Å². The molecule has 1 heterocycles. The number of hydrogen-bond donors (Lipinski definition) is 1. The van der Waals surface area contributed by atoms with Crippen LogP contribution in [0.1, 0.15) is 40.2 Å². The van der Waals surface area contributed by atoms with E-state index in [1.54, 1.807) is 4.90 Å². The van der Waals surface area contributed by atoms with Gasteiger partial charge in [0.05, 0.1) is 13.1 Å². The van der Waals surface area contributed by atoms with Crippen molar-refractivity contribution in [2.75, 3.05) is 20.1 Å². The number of hydrogen-bond acceptors (Lipinski definition) is 3. The smallest absolute Gasteiger partial charge is 0.234 e. The molecule has 5 nitrogen and oxygen atoms in total. The maximum absolute atomic E-state index is 12.7. The van der Waals surface area contributed by atoms with Crippen molar-refractivity contribution in [3.8, 4) is 0 Å².